The van der Waals surface area contributed by atoms with Crippen molar-refractivity contribution in [3.05, 3.63) is 23.8 Å². The molecule has 0 heterocycles. The van der Waals surface area contributed by atoms with Crippen LogP contribution in [0.15, 0.2) is 18.2 Å². The standard InChI is InChI=1S/C15H23N3O/c1-10-8-13(18(2)3)6-7-14(10)17-15(19)11-4-5-12(16)9-11/h6-8,11-12H,4-5,9,16H2,1-3H3,(H,17,19). The van der Waals surface area contributed by atoms with Crippen LogP contribution in [0.25, 0.3) is 0 Å². The van der Waals surface area contributed by atoms with Gasteiger partial charge in [0.2, 0.25) is 5.91 Å². The van der Waals surface area contributed by atoms with Crippen LogP contribution in [-0.2, 0) is 4.79 Å². The second-order valence-corrected chi connectivity index (χ2v) is 5.65. The van der Waals surface area contributed by atoms with E-state index in [9.17, 15) is 4.79 Å². The first-order chi connectivity index (χ1) is 8.97. The van der Waals surface area contributed by atoms with Crippen molar-refractivity contribution >= 4 is 17.3 Å². The predicted molar refractivity (Wildman–Crippen MR) is 79.5 cm³/mol. The van der Waals surface area contributed by atoms with Gasteiger partial charge in [-0.15, -0.1) is 0 Å². The molecule has 0 aromatic heterocycles. The zero-order chi connectivity index (χ0) is 14.0. The van der Waals surface area contributed by atoms with Gasteiger partial charge >= 0.3 is 0 Å². The molecular formula is C15H23N3O. The number of anilines is 2. The summed E-state index contributed by atoms with van der Waals surface area (Å²) in [4.78, 5) is 14.2. The highest BCUT2D eigenvalue weighted by Crippen LogP contribution is 2.27. The molecule has 3 N–H and O–H groups in total. The largest absolute Gasteiger partial charge is 0.378 e. The third-order valence-electron chi connectivity index (χ3n) is 3.83. The van der Waals surface area contributed by atoms with Gasteiger partial charge in [-0.3, -0.25) is 4.79 Å². The first-order valence-electron chi connectivity index (χ1n) is 6.82. The summed E-state index contributed by atoms with van der Waals surface area (Å²) in [6, 6.07) is 6.25. The van der Waals surface area contributed by atoms with E-state index in [4.69, 9.17) is 5.73 Å². The lowest BCUT2D eigenvalue weighted by Crippen LogP contribution is -2.23. The van der Waals surface area contributed by atoms with E-state index in [1.165, 1.54) is 0 Å². The van der Waals surface area contributed by atoms with E-state index >= 15 is 0 Å². The molecule has 2 unspecified atom stereocenters. The minimum atomic E-state index is 0.0722. The van der Waals surface area contributed by atoms with Gasteiger partial charge in [-0.05, 0) is 49.9 Å². The van der Waals surface area contributed by atoms with Crippen LogP contribution >= 0.6 is 0 Å². The monoisotopic (exact) mass is 261 g/mol. The summed E-state index contributed by atoms with van der Waals surface area (Å²) in [6.07, 6.45) is 2.67. The molecular weight excluding hydrogens is 238 g/mol. The average molecular weight is 261 g/mol. The van der Waals surface area contributed by atoms with Crippen molar-refractivity contribution in [2.45, 2.75) is 32.2 Å². The average Bonchev–Trinajstić information content (AvgIpc) is 2.78. The van der Waals surface area contributed by atoms with Crippen LogP contribution in [0.3, 0.4) is 0 Å². The summed E-state index contributed by atoms with van der Waals surface area (Å²) in [5, 5.41) is 3.03. The van der Waals surface area contributed by atoms with Gasteiger partial charge in [0.15, 0.2) is 0 Å². The topological polar surface area (TPSA) is 58.4 Å². The Morgan fingerprint density at radius 2 is 2.11 bits per heavy atom. The van der Waals surface area contributed by atoms with E-state index in [-0.39, 0.29) is 17.9 Å². The van der Waals surface area contributed by atoms with E-state index < -0.39 is 0 Å². The number of aryl methyl sites for hydroxylation is 1. The SMILES string of the molecule is Cc1cc(N(C)C)ccc1NC(=O)C1CCC(N)C1. The van der Waals surface area contributed by atoms with Crippen molar-refractivity contribution in [3.8, 4) is 0 Å². The molecule has 19 heavy (non-hydrogen) atoms. The number of amides is 1. The molecule has 1 aromatic rings. The summed E-state index contributed by atoms with van der Waals surface area (Å²) in [5.41, 5.74) is 8.98. The zero-order valence-electron chi connectivity index (χ0n) is 11.9. The molecule has 104 valence electrons. The van der Waals surface area contributed by atoms with Gasteiger partial charge in [0.25, 0.3) is 0 Å². The van der Waals surface area contributed by atoms with Gasteiger partial charge in [-0.25, -0.2) is 0 Å². The molecule has 2 rings (SSSR count). The fourth-order valence-electron chi connectivity index (χ4n) is 2.56. The van der Waals surface area contributed by atoms with E-state index in [0.717, 1.165) is 36.2 Å². The molecule has 1 aliphatic carbocycles. The molecule has 1 saturated carbocycles. The number of nitrogens with one attached hydrogen (secondary N) is 1. The van der Waals surface area contributed by atoms with Gasteiger partial charge in [-0.2, -0.15) is 0 Å². The molecule has 0 saturated heterocycles. The van der Waals surface area contributed by atoms with Gasteiger partial charge in [0.1, 0.15) is 0 Å². The molecule has 1 aliphatic rings. The Morgan fingerprint density at radius 3 is 2.63 bits per heavy atom. The summed E-state index contributed by atoms with van der Waals surface area (Å²) in [6.45, 7) is 2.02. The molecule has 0 spiro atoms. The van der Waals surface area contributed by atoms with Crippen LogP contribution in [0.4, 0.5) is 11.4 Å². The van der Waals surface area contributed by atoms with Crippen LogP contribution in [0.2, 0.25) is 0 Å². The van der Waals surface area contributed by atoms with Gasteiger partial charge < -0.3 is 16.0 Å². The van der Waals surface area contributed by atoms with Crippen molar-refractivity contribution in [2.24, 2.45) is 11.7 Å². The van der Waals surface area contributed by atoms with Crippen molar-refractivity contribution in [1.29, 1.82) is 0 Å². The Balaban J connectivity index is 2.05. The number of hydrogen-bond acceptors (Lipinski definition) is 3. The molecule has 1 aromatic carbocycles. The third kappa shape index (κ3) is 3.26. The Morgan fingerprint density at radius 1 is 1.37 bits per heavy atom. The van der Waals surface area contributed by atoms with Crippen LogP contribution in [0.1, 0.15) is 24.8 Å². The van der Waals surface area contributed by atoms with Crippen LogP contribution in [0, 0.1) is 12.8 Å². The van der Waals surface area contributed by atoms with E-state index in [1.54, 1.807) is 0 Å². The maximum Gasteiger partial charge on any atom is 0.227 e. The normalized spacial score (nSPS) is 22.3. The number of carbonyl (C=O) groups is 1. The highest BCUT2D eigenvalue weighted by Gasteiger charge is 2.27. The van der Waals surface area contributed by atoms with Crippen molar-refractivity contribution in [3.63, 3.8) is 0 Å². The highest BCUT2D eigenvalue weighted by atomic mass is 16.1. The van der Waals surface area contributed by atoms with Gasteiger partial charge in [-0.1, -0.05) is 0 Å². The Bertz CT molecular complexity index is 470. The van der Waals surface area contributed by atoms with Gasteiger partial charge in [0, 0.05) is 37.4 Å². The fraction of sp³-hybridized carbons (Fsp3) is 0.533. The summed E-state index contributed by atoms with van der Waals surface area (Å²) >= 11 is 0. The lowest BCUT2D eigenvalue weighted by atomic mass is 10.1. The highest BCUT2D eigenvalue weighted by molar-refractivity contribution is 5.93. The summed E-state index contributed by atoms with van der Waals surface area (Å²) in [7, 11) is 4.01. The molecule has 2 atom stereocenters. The number of benzene rings is 1. The van der Waals surface area contributed by atoms with E-state index in [0.29, 0.717) is 0 Å². The first kappa shape index (κ1) is 13.9. The number of hydrogen-bond donors (Lipinski definition) is 2. The number of nitrogens with two attached hydrogens (primary N) is 1. The van der Waals surface area contributed by atoms with Crippen LogP contribution in [0.5, 0.6) is 0 Å². The fourth-order valence-corrected chi connectivity index (χ4v) is 2.56. The molecule has 4 nitrogen and oxygen atoms in total. The second-order valence-electron chi connectivity index (χ2n) is 5.65. The lowest BCUT2D eigenvalue weighted by molar-refractivity contribution is -0.119. The molecule has 1 amide bonds. The second kappa shape index (κ2) is 5.61. The predicted octanol–water partition coefficient (Wildman–Crippen LogP) is 2.13. The molecule has 0 radical (unpaired) electrons. The van der Waals surface area contributed by atoms with Crippen molar-refractivity contribution in [1.82, 2.24) is 0 Å². The van der Waals surface area contributed by atoms with Crippen molar-refractivity contribution < 1.29 is 4.79 Å². The maximum atomic E-state index is 12.2. The molecule has 0 bridgehead atoms. The lowest BCUT2D eigenvalue weighted by Gasteiger charge is -2.17. The van der Waals surface area contributed by atoms with Crippen LogP contribution < -0.4 is 16.0 Å². The Kier molecular flexibility index (Phi) is 4.10. The Labute approximate surface area is 115 Å². The summed E-state index contributed by atoms with van der Waals surface area (Å²) < 4.78 is 0. The minimum Gasteiger partial charge on any atom is -0.378 e. The van der Waals surface area contributed by atoms with E-state index in [1.807, 2.05) is 33.2 Å². The molecule has 4 heteroatoms. The van der Waals surface area contributed by atoms with Gasteiger partial charge in [0.05, 0.1) is 0 Å². The van der Waals surface area contributed by atoms with E-state index in [2.05, 4.69) is 16.3 Å². The Hall–Kier alpha value is -1.55. The summed E-state index contributed by atoms with van der Waals surface area (Å²) in [5.74, 6) is 0.177. The zero-order valence-corrected chi connectivity index (χ0v) is 11.9. The minimum absolute atomic E-state index is 0.0722. The first-order valence-corrected chi connectivity index (χ1v) is 6.82. The third-order valence-corrected chi connectivity index (χ3v) is 3.83. The number of rotatable bonds is 3. The molecule has 1 fully saturated rings. The van der Waals surface area contributed by atoms with Crippen LogP contribution in [-0.4, -0.2) is 26.0 Å². The van der Waals surface area contributed by atoms with Crippen molar-refractivity contribution in [2.75, 3.05) is 24.3 Å². The maximum absolute atomic E-state index is 12.2. The quantitative estimate of drug-likeness (QED) is 0.876. The number of carbonyl (C=O) groups excluding carboxylic acids is 1. The number of nitrogens with zero attached hydrogens (tertiary/aromatic N) is 1. The smallest absolute Gasteiger partial charge is 0.227 e. The molecule has 0 aliphatic heterocycles.